The minimum absolute atomic E-state index is 0.0303. The molecule has 0 radical (unpaired) electrons. The van der Waals surface area contributed by atoms with Crippen molar-refractivity contribution in [2.45, 2.75) is 19.3 Å². The number of benzene rings is 2. The Hall–Kier alpha value is -2.82. The quantitative estimate of drug-likeness (QED) is 0.830. The number of Topliss-reactive ketones (excluding diaryl/α,β-unsaturated/α-hetero) is 1. The normalized spacial score (nSPS) is 21.3. The standard InChI is InChI=1S/C21H21NO4/c1-13(23)14-4-2-5-15(10-14)17-6-3-7-18-19-12-22(21(24)25)11-16(19)8-9-26-20(17)18/h2-7,10,16,19H,8-9,11-12H2,1H3,(H,24,25)/t16-,19-/m1/s1. The van der Waals surface area contributed by atoms with Gasteiger partial charge in [0.1, 0.15) is 5.75 Å². The van der Waals surface area contributed by atoms with Gasteiger partial charge < -0.3 is 14.7 Å². The molecule has 2 heterocycles. The first-order valence-electron chi connectivity index (χ1n) is 8.89. The Balaban J connectivity index is 1.78. The first kappa shape index (κ1) is 16.6. The fourth-order valence-electron chi connectivity index (χ4n) is 4.13. The molecule has 5 heteroatoms. The van der Waals surface area contributed by atoms with Gasteiger partial charge in [0, 0.05) is 30.1 Å². The van der Waals surface area contributed by atoms with Crippen molar-refractivity contribution < 1.29 is 19.4 Å². The third kappa shape index (κ3) is 2.83. The largest absolute Gasteiger partial charge is 0.493 e. The number of amides is 1. The van der Waals surface area contributed by atoms with Crippen LogP contribution in [0.25, 0.3) is 11.1 Å². The molecule has 1 fully saturated rings. The van der Waals surface area contributed by atoms with Crippen LogP contribution in [0.3, 0.4) is 0 Å². The predicted octanol–water partition coefficient (Wildman–Crippen LogP) is 4.03. The number of likely N-dealkylation sites (tertiary alicyclic amines) is 1. The van der Waals surface area contributed by atoms with Crippen LogP contribution in [0.15, 0.2) is 42.5 Å². The van der Waals surface area contributed by atoms with Gasteiger partial charge in [-0.05, 0) is 36.5 Å². The van der Waals surface area contributed by atoms with Crippen molar-refractivity contribution in [3.05, 3.63) is 53.6 Å². The van der Waals surface area contributed by atoms with Gasteiger partial charge in [0.05, 0.1) is 6.61 Å². The number of fused-ring (bicyclic) bond motifs is 3. The van der Waals surface area contributed by atoms with Crippen LogP contribution in [0.5, 0.6) is 5.75 Å². The fourth-order valence-corrected chi connectivity index (χ4v) is 4.13. The Morgan fingerprint density at radius 3 is 2.73 bits per heavy atom. The van der Waals surface area contributed by atoms with Crippen LogP contribution < -0.4 is 4.74 Å². The first-order valence-corrected chi connectivity index (χ1v) is 8.89. The summed E-state index contributed by atoms with van der Waals surface area (Å²) in [4.78, 5) is 24.6. The molecule has 2 aromatic rings. The zero-order valence-corrected chi connectivity index (χ0v) is 14.6. The summed E-state index contributed by atoms with van der Waals surface area (Å²) in [5.41, 5.74) is 3.65. The molecule has 1 N–H and O–H groups in total. The maximum absolute atomic E-state index is 11.7. The zero-order valence-electron chi connectivity index (χ0n) is 14.6. The smallest absolute Gasteiger partial charge is 0.407 e. The number of carboxylic acid groups (broad SMARTS) is 1. The summed E-state index contributed by atoms with van der Waals surface area (Å²) >= 11 is 0. The minimum atomic E-state index is -0.856. The van der Waals surface area contributed by atoms with Crippen LogP contribution in [0.1, 0.15) is 35.2 Å². The molecule has 134 valence electrons. The van der Waals surface area contributed by atoms with E-state index in [0.717, 1.165) is 28.9 Å². The second-order valence-corrected chi connectivity index (χ2v) is 7.05. The lowest BCUT2D eigenvalue weighted by Crippen LogP contribution is -2.27. The SMILES string of the molecule is CC(=O)c1cccc(-c2cccc3c2OCC[C@@H]2CN(C(=O)O)C[C@@H]32)c1. The molecule has 2 atom stereocenters. The van der Waals surface area contributed by atoms with Crippen LogP contribution in [0.2, 0.25) is 0 Å². The van der Waals surface area contributed by atoms with Crippen molar-refractivity contribution in [2.75, 3.05) is 19.7 Å². The molecule has 1 saturated heterocycles. The van der Waals surface area contributed by atoms with Crippen molar-refractivity contribution in [1.82, 2.24) is 4.90 Å². The highest BCUT2D eigenvalue weighted by Crippen LogP contribution is 2.45. The Kier molecular flexibility index (Phi) is 4.15. The van der Waals surface area contributed by atoms with Gasteiger partial charge in [-0.25, -0.2) is 4.79 Å². The summed E-state index contributed by atoms with van der Waals surface area (Å²) in [6.07, 6.45) is -0.0124. The van der Waals surface area contributed by atoms with E-state index in [9.17, 15) is 14.7 Å². The van der Waals surface area contributed by atoms with Gasteiger partial charge >= 0.3 is 6.09 Å². The Labute approximate surface area is 152 Å². The summed E-state index contributed by atoms with van der Waals surface area (Å²) in [5.74, 6) is 1.29. The summed E-state index contributed by atoms with van der Waals surface area (Å²) in [7, 11) is 0. The van der Waals surface area contributed by atoms with Crippen molar-refractivity contribution in [1.29, 1.82) is 0 Å². The van der Waals surface area contributed by atoms with Gasteiger partial charge in [-0.2, -0.15) is 0 Å². The Morgan fingerprint density at radius 2 is 1.96 bits per heavy atom. The number of hydrogen-bond donors (Lipinski definition) is 1. The minimum Gasteiger partial charge on any atom is -0.493 e. The fraction of sp³-hybridized carbons (Fsp3) is 0.333. The van der Waals surface area contributed by atoms with E-state index >= 15 is 0 Å². The summed E-state index contributed by atoms with van der Waals surface area (Å²) in [6.45, 7) is 3.20. The van der Waals surface area contributed by atoms with E-state index in [1.54, 1.807) is 6.92 Å². The number of rotatable bonds is 2. The van der Waals surface area contributed by atoms with Crippen LogP contribution in [-0.2, 0) is 0 Å². The second-order valence-electron chi connectivity index (χ2n) is 7.05. The molecule has 0 bridgehead atoms. The molecule has 2 aliphatic heterocycles. The predicted molar refractivity (Wildman–Crippen MR) is 97.8 cm³/mol. The number of nitrogens with zero attached hydrogens (tertiary/aromatic N) is 1. The topological polar surface area (TPSA) is 66.8 Å². The molecule has 0 saturated carbocycles. The average Bonchev–Trinajstić information content (AvgIpc) is 2.98. The molecule has 1 amide bonds. The number of hydrogen-bond acceptors (Lipinski definition) is 3. The third-order valence-electron chi connectivity index (χ3n) is 5.47. The number of ketones is 1. The maximum atomic E-state index is 11.7. The van der Waals surface area contributed by atoms with E-state index in [1.807, 2.05) is 42.5 Å². The molecule has 2 aliphatic rings. The number of para-hydroxylation sites is 1. The maximum Gasteiger partial charge on any atom is 0.407 e. The van der Waals surface area contributed by atoms with Gasteiger partial charge in [0.15, 0.2) is 5.78 Å². The molecular formula is C21H21NO4. The van der Waals surface area contributed by atoms with Gasteiger partial charge in [-0.1, -0.05) is 36.4 Å². The van der Waals surface area contributed by atoms with Crippen molar-refractivity contribution in [2.24, 2.45) is 5.92 Å². The molecule has 0 aliphatic carbocycles. The molecule has 4 rings (SSSR count). The summed E-state index contributed by atoms with van der Waals surface area (Å²) in [5, 5.41) is 9.36. The van der Waals surface area contributed by atoms with E-state index in [1.165, 1.54) is 4.90 Å². The highest BCUT2D eigenvalue weighted by molar-refractivity contribution is 5.95. The van der Waals surface area contributed by atoms with Gasteiger partial charge in [0.25, 0.3) is 0 Å². The van der Waals surface area contributed by atoms with E-state index in [2.05, 4.69) is 0 Å². The highest BCUT2D eigenvalue weighted by Gasteiger charge is 2.39. The highest BCUT2D eigenvalue weighted by atomic mass is 16.5. The second kappa shape index (κ2) is 6.48. The zero-order chi connectivity index (χ0) is 18.3. The van der Waals surface area contributed by atoms with Gasteiger partial charge in [-0.3, -0.25) is 4.79 Å². The molecule has 0 unspecified atom stereocenters. The van der Waals surface area contributed by atoms with Crippen molar-refractivity contribution >= 4 is 11.9 Å². The van der Waals surface area contributed by atoms with Crippen molar-refractivity contribution in [3.8, 4) is 16.9 Å². The number of carbonyl (C=O) groups excluding carboxylic acids is 1. The van der Waals surface area contributed by atoms with Crippen LogP contribution >= 0.6 is 0 Å². The molecule has 26 heavy (non-hydrogen) atoms. The summed E-state index contributed by atoms with van der Waals surface area (Å²) < 4.78 is 6.12. The first-order chi connectivity index (χ1) is 12.5. The lowest BCUT2D eigenvalue weighted by Gasteiger charge is -2.18. The summed E-state index contributed by atoms with van der Waals surface area (Å²) in [6, 6.07) is 13.6. The molecule has 0 spiro atoms. The monoisotopic (exact) mass is 351 g/mol. The van der Waals surface area contributed by atoms with E-state index in [0.29, 0.717) is 25.3 Å². The van der Waals surface area contributed by atoms with Crippen LogP contribution in [0.4, 0.5) is 4.79 Å². The lowest BCUT2D eigenvalue weighted by atomic mass is 9.85. The average molecular weight is 351 g/mol. The number of ether oxygens (including phenoxy) is 1. The third-order valence-corrected chi connectivity index (χ3v) is 5.47. The van der Waals surface area contributed by atoms with Gasteiger partial charge in [0.2, 0.25) is 0 Å². The Morgan fingerprint density at radius 1 is 1.15 bits per heavy atom. The molecule has 0 aromatic heterocycles. The van der Waals surface area contributed by atoms with E-state index < -0.39 is 6.09 Å². The number of carbonyl (C=O) groups is 2. The van der Waals surface area contributed by atoms with Crippen LogP contribution in [0, 0.1) is 5.92 Å². The molecule has 5 nitrogen and oxygen atoms in total. The van der Waals surface area contributed by atoms with Crippen LogP contribution in [-0.4, -0.2) is 41.6 Å². The van der Waals surface area contributed by atoms with Crippen molar-refractivity contribution in [3.63, 3.8) is 0 Å². The van der Waals surface area contributed by atoms with E-state index in [-0.39, 0.29) is 17.6 Å². The van der Waals surface area contributed by atoms with Gasteiger partial charge in [-0.15, -0.1) is 0 Å². The molecule has 2 aromatic carbocycles. The lowest BCUT2D eigenvalue weighted by molar-refractivity contribution is 0.101. The Bertz CT molecular complexity index is 876. The van der Waals surface area contributed by atoms with E-state index in [4.69, 9.17) is 4.74 Å². The molecular weight excluding hydrogens is 330 g/mol.